The summed E-state index contributed by atoms with van der Waals surface area (Å²) in [4.78, 5) is 1.07. The van der Waals surface area contributed by atoms with Gasteiger partial charge in [-0.1, -0.05) is 22.0 Å². The molecule has 2 aromatic rings. The predicted molar refractivity (Wildman–Crippen MR) is 81.5 cm³/mol. The number of rotatable bonds is 3. The second kappa shape index (κ2) is 5.82. The van der Waals surface area contributed by atoms with Gasteiger partial charge in [0.05, 0.1) is 3.79 Å². The number of hydrogen-bond acceptors (Lipinski definition) is 2. The third kappa shape index (κ3) is 3.20. The average Bonchev–Trinajstić information content (AvgIpc) is 2.63. The van der Waals surface area contributed by atoms with Gasteiger partial charge in [0.2, 0.25) is 0 Å². The molecule has 5 heteroatoms. The minimum Gasteiger partial charge on any atom is -0.323 e. The zero-order valence-electron chi connectivity index (χ0n) is 9.71. The van der Waals surface area contributed by atoms with E-state index in [2.05, 4.69) is 37.9 Å². The van der Waals surface area contributed by atoms with Gasteiger partial charge in [-0.15, -0.1) is 11.3 Å². The summed E-state index contributed by atoms with van der Waals surface area (Å²) in [7, 11) is 0. The number of aryl methyl sites for hydroxylation is 1. The average molecular weight is 393 g/mol. The second-order valence-electron chi connectivity index (χ2n) is 4.15. The summed E-state index contributed by atoms with van der Waals surface area (Å²) in [6.45, 7) is 2.02. The molecule has 1 aromatic heterocycles. The standard InChI is InChI=1S/C13H12Br2FNS/c1-7-4-12(18-13(7)15)11(17)5-8-2-3-9(14)6-10(8)16/h2-4,6,11H,5,17H2,1H3. The highest BCUT2D eigenvalue weighted by Gasteiger charge is 2.14. The van der Waals surface area contributed by atoms with E-state index < -0.39 is 0 Å². The van der Waals surface area contributed by atoms with Crippen molar-refractivity contribution in [1.29, 1.82) is 0 Å². The number of nitrogens with two attached hydrogens (primary N) is 1. The Morgan fingerprint density at radius 3 is 2.61 bits per heavy atom. The Morgan fingerprint density at radius 2 is 2.06 bits per heavy atom. The second-order valence-corrected chi connectivity index (χ2v) is 7.47. The lowest BCUT2D eigenvalue weighted by atomic mass is 10.0. The molecule has 0 radical (unpaired) electrons. The van der Waals surface area contributed by atoms with Crippen LogP contribution in [-0.4, -0.2) is 0 Å². The fourth-order valence-electron chi connectivity index (χ4n) is 1.69. The lowest BCUT2D eigenvalue weighted by Gasteiger charge is -2.10. The van der Waals surface area contributed by atoms with E-state index in [4.69, 9.17) is 5.73 Å². The molecule has 2 N–H and O–H groups in total. The molecule has 1 aromatic carbocycles. The van der Waals surface area contributed by atoms with E-state index in [1.54, 1.807) is 17.4 Å². The first-order valence-corrected chi connectivity index (χ1v) is 7.83. The van der Waals surface area contributed by atoms with Crippen molar-refractivity contribution in [2.45, 2.75) is 19.4 Å². The van der Waals surface area contributed by atoms with Crippen LogP contribution >= 0.6 is 43.2 Å². The molecule has 0 amide bonds. The van der Waals surface area contributed by atoms with Gasteiger partial charge >= 0.3 is 0 Å². The molecule has 0 saturated heterocycles. The molecule has 1 heterocycles. The SMILES string of the molecule is Cc1cc(C(N)Cc2ccc(Br)cc2F)sc1Br. The van der Waals surface area contributed by atoms with Crippen molar-refractivity contribution in [1.82, 2.24) is 0 Å². The molecule has 0 aliphatic heterocycles. The summed E-state index contributed by atoms with van der Waals surface area (Å²) >= 11 is 8.33. The number of hydrogen-bond donors (Lipinski definition) is 1. The predicted octanol–water partition coefficient (Wildman–Crippen LogP) is 4.96. The Kier molecular flexibility index (Phi) is 4.59. The van der Waals surface area contributed by atoms with Crippen LogP contribution in [0.25, 0.3) is 0 Å². The topological polar surface area (TPSA) is 26.0 Å². The summed E-state index contributed by atoms with van der Waals surface area (Å²) in [6.07, 6.45) is 0.505. The Hall–Kier alpha value is -0.230. The molecule has 0 spiro atoms. The monoisotopic (exact) mass is 391 g/mol. The fourth-order valence-corrected chi connectivity index (χ4v) is 3.60. The molecule has 0 aliphatic rings. The van der Waals surface area contributed by atoms with E-state index in [1.165, 1.54) is 11.6 Å². The summed E-state index contributed by atoms with van der Waals surface area (Å²) in [5, 5.41) is 0. The van der Waals surface area contributed by atoms with E-state index in [9.17, 15) is 4.39 Å². The van der Waals surface area contributed by atoms with Crippen LogP contribution in [0.1, 0.15) is 22.0 Å². The first-order chi connectivity index (χ1) is 8.47. The molecule has 2 rings (SSSR count). The maximum absolute atomic E-state index is 13.7. The van der Waals surface area contributed by atoms with Gasteiger partial charge in [0.1, 0.15) is 5.82 Å². The van der Waals surface area contributed by atoms with Crippen molar-refractivity contribution < 1.29 is 4.39 Å². The van der Waals surface area contributed by atoms with Crippen LogP contribution in [0.4, 0.5) is 4.39 Å². The molecule has 1 unspecified atom stereocenters. The highest BCUT2D eigenvalue weighted by Crippen LogP contribution is 2.32. The first-order valence-electron chi connectivity index (χ1n) is 5.42. The molecule has 0 saturated carbocycles. The first kappa shape index (κ1) is 14.2. The highest BCUT2D eigenvalue weighted by atomic mass is 79.9. The van der Waals surface area contributed by atoms with Gasteiger partial charge in [-0.05, 0) is 58.6 Å². The summed E-state index contributed by atoms with van der Waals surface area (Å²) in [5.74, 6) is -0.216. The van der Waals surface area contributed by atoms with Crippen molar-refractivity contribution in [3.63, 3.8) is 0 Å². The number of thiophene rings is 1. The molecule has 1 nitrogen and oxygen atoms in total. The maximum atomic E-state index is 13.7. The van der Waals surface area contributed by atoms with Crippen LogP contribution in [0.2, 0.25) is 0 Å². The Balaban J connectivity index is 2.18. The van der Waals surface area contributed by atoms with Crippen LogP contribution in [0.3, 0.4) is 0 Å². The highest BCUT2D eigenvalue weighted by molar-refractivity contribution is 9.11. The van der Waals surface area contributed by atoms with Gasteiger partial charge in [-0.25, -0.2) is 4.39 Å². The number of benzene rings is 1. The van der Waals surface area contributed by atoms with E-state index in [1.807, 2.05) is 13.0 Å². The van der Waals surface area contributed by atoms with Crippen molar-refractivity contribution in [2.24, 2.45) is 5.73 Å². The van der Waals surface area contributed by atoms with Gasteiger partial charge in [0.15, 0.2) is 0 Å². The minimum absolute atomic E-state index is 0.171. The van der Waals surface area contributed by atoms with Crippen LogP contribution in [0, 0.1) is 12.7 Å². The molecular formula is C13H12Br2FNS. The van der Waals surface area contributed by atoms with Crippen LogP contribution in [0.15, 0.2) is 32.5 Å². The molecule has 0 aliphatic carbocycles. The molecular weight excluding hydrogens is 381 g/mol. The Morgan fingerprint density at radius 1 is 1.33 bits per heavy atom. The van der Waals surface area contributed by atoms with Crippen molar-refractivity contribution in [3.8, 4) is 0 Å². The fraction of sp³-hybridized carbons (Fsp3) is 0.231. The Bertz CT molecular complexity index is 549. The van der Waals surface area contributed by atoms with E-state index in [0.29, 0.717) is 12.0 Å². The summed E-state index contributed by atoms with van der Waals surface area (Å²) in [5.41, 5.74) is 7.94. The summed E-state index contributed by atoms with van der Waals surface area (Å²) < 4.78 is 15.5. The molecule has 0 bridgehead atoms. The quantitative estimate of drug-likeness (QED) is 0.784. The molecule has 0 fully saturated rings. The Labute approximate surface area is 126 Å². The summed E-state index contributed by atoms with van der Waals surface area (Å²) in [6, 6.07) is 6.96. The zero-order chi connectivity index (χ0) is 13.3. The van der Waals surface area contributed by atoms with Gasteiger partial charge in [0, 0.05) is 15.4 Å². The molecule has 96 valence electrons. The van der Waals surface area contributed by atoms with Crippen LogP contribution in [0.5, 0.6) is 0 Å². The normalized spacial score (nSPS) is 12.7. The van der Waals surface area contributed by atoms with Gasteiger partial charge < -0.3 is 5.73 Å². The van der Waals surface area contributed by atoms with Gasteiger partial charge in [0.25, 0.3) is 0 Å². The van der Waals surface area contributed by atoms with Crippen molar-refractivity contribution in [3.05, 3.63) is 54.3 Å². The largest absolute Gasteiger partial charge is 0.323 e. The zero-order valence-corrected chi connectivity index (χ0v) is 13.7. The maximum Gasteiger partial charge on any atom is 0.127 e. The third-order valence-corrected chi connectivity index (χ3v) is 5.46. The lowest BCUT2D eigenvalue weighted by molar-refractivity contribution is 0.594. The number of halogens is 3. The molecule has 18 heavy (non-hydrogen) atoms. The van der Waals surface area contributed by atoms with Gasteiger partial charge in [-0.2, -0.15) is 0 Å². The minimum atomic E-state index is -0.216. The van der Waals surface area contributed by atoms with Gasteiger partial charge in [-0.3, -0.25) is 0 Å². The van der Waals surface area contributed by atoms with E-state index in [-0.39, 0.29) is 11.9 Å². The third-order valence-electron chi connectivity index (χ3n) is 2.70. The van der Waals surface area contributed by atoms with Crippen LogP contribution in [-0.2, 0) is 6.42 Å². The van der Waals surface area contributed by atoms with E-state index in [0.717, 1.165) is 13.1 Å². The van der Waals surface area contributed by atoms with Crippen molar-refractivity contribution in [2.75, 3.05) is 0 Å². The smallest absolute Gasteiger partial charge is 0.127 e. The molecule has 1 atom stereocenters. The van der Waals surface area contributed by atoms with E-state index >= 15 is 0 Å². The van der Waals surface area contributed by atoms with Crippen molar-refractivity contribution >= 4 is 43.2 Å². The lowest BCUT2D eigenvalue weighted by Crippen LogP contribution is -2.12. The van der Waals surface area contributed by atoms with Crippen LogP contribution < -0.4 is 5.73 Å².